The minimum Gasteiger partial charge on any atom is -0.496 e. The summed E-state index contributed by atoms with van der Waals surface area (Å²) in [5, 5.41) is 3.15. The van der Waals surface area contributed by atoms with Crippen LogP contribution in [0.2, 0.25) is 0 Å². The quantitative estimate of drug-likeness (QED) is 0.743. The zero-order valence-electron chi connectivity index (χ0n) is 8.43. The second-order valence-corrected chi connectivity index (χ2v) is 3.69. The first-order chi connectivity index (χ1) is 6.72. The van der Waals surface area contributed by atoms with Crippen LogP contribution >= 0.6 is 0 Å². The highest BCUT2D eigenvalue weighted by atomic mass is 19.1. The Morgan fingerprint density at radius 3 is 3.00 bits per heavy atom. The van der Waals surface area contributed by atoms with Gasteiger partial charge >= 0.3 is 0 Å². The average Bonchev–Trinajstić information content (AvgIpc) is 2.19. The summed E-state index contributed by atoms with van der Waals surface area (Å²) >= 11 is 0. The number of nitrogens with one attached hydrogen (secondary N) is 1. The molecule has 0 aromatic heterocycles. The highest BCUT2D eigenvalue weighted by molar-refractivity contribution is 5.60. The van der Waals surface area contributed by atoms with Crippen molar-refractivity contribution in [3.63, 3.8) is 0 Å². The van der Waals surface area contributed by atoms with Gasteiger partial charge in [-0.3, -0.25) is 0 Å². The van der Waals surface area contributed by atoms with Gasteiger partial charge in [0.15, 0.2) is 0 Å². The Morgan fingerprint density at radius 2 is 2.29 bits per heavy atom. The fourth-order valence-electron chi connectivity index (χ4n) is 1.88. The average molecular weight is 195 g/mol. The van der Waals surface area contributed by atoms with Gasteiger partial charge in [0.05, 0.1) is 12.8 Å². The van der Waals surface area contributed by atoms with Crippen molar-refractivity contribution in [2.24, 2.45) is 0 Å². The fourth-order valence-corrected chi connectivity index (χ4v) is 1.88. The molecule has 1 N–H and O–H groups in total. The number of anilines is 1. The van der Waals surface area contributed by atoms with Crippen molar-refractivity contribution in [1.29, 1.82) is 0 Å². The molecule has 0 bridgehead atoms. The molecule has 1 heterocycles. The number of hydrogen-bond acceptors (Lipinski definition) is 2. The third-order valence-electron chi connectivity index (χ3n) is 2.66. The Hall–Kier alpha value is -1.25. The zero-order valence-corrected chi connectivity index (χ0v) is 8.43. The molecule has 76 valence electrons. The molecule has 0 radical (unpaired) electrons. The third-order valence-corrected chi connectivity index (χ3v) is 2.66. The lowest BCUT2D eigenvalue weighted by molar-refractivity contribution is 0.406. The lowest BCUT2D eigenvalue weighted by Crippen LogP contribution is -2.23. The normalized spacial score (nSPS) is 19.8. The standard InChI is InChI=1S/C11H14FNO/c1-7-3-4-8-10(14-2)6-5-9(12)11(8)13-7/h5-7,13H,3-4H2,1-2H3. The number of halogens is 1. The van der Waals surface area contributed by atoms with Crippen LogP contribution in [0.4, 0.5) is 10.1 Å². The second-order valence-electron chi connectivity index (χ2n) is 3.69. The Labute approximate surface area is 83.1 Å². The van der Waals surface area contributed by atoms with E-state index in [0.717, 1.165) is 24.2 Å². The Bertz CT molecular complexity index is 351. The molecule has 0 spiro atoms. The van der Waals surface area contributed by atoms with E-state index < -0.39 is 0 Å². The molecule has 3 heteroatoms. The van der Waals surface area contributed by atoms with Crippen LogP contribution in [0, 0.1) is 5.82 Å². The summed E-state index contributed by atoms with van der Waals surface area (Å²) in [7, 11) is 1.62. The van der Waals surface area contributed by atoms with E-state index in [0.29, 0.717) is 11.7 Å². The Kier molecular flexibility index (Phi) is 2.32. The van der Waals surface area contributed by atoms with Crippen LogP contribution in [0.3, 0.4) is 0 Å². The van der Waals surface area contributed by atoms with Crippen molar-refractivity contribution < 1.29 is 9.13 Å². The summed E-state index contributed by atoms with van der Waals surface area (Å²) in [4.78, 5) is 0. The molecule has 2 rings (SSSR count). The molecule has 0 aliphatic carbocycles. The zero-order chi connectivity index (χ0) is 10.1. The van der Waals surface area contributed by atoms with Gasteiger partial charge in [-0.05, 0) is 31.9 Å². The summed E-state index contributed by atoms with van der Waals surface area (Å²) in [5.41, 5.74) is 1.58. The van der Waals surface area contributed by atoms with E-state index in [1.165, 1.54) is 6.07 Å². The van der Waals surface area contributed by atoms with Gasteiger partial charge < -0.3 is 10.1 Å². The number of methoxy groups -OCH3 is 1. The summed E-state index contributed by atoms with van der Waals surface area (Å²) in [5.74, 6) is 0.591. The fraction of sp³-hybridized carbons (Fsp3) is 0.455. The molecule has 0 fully saturated rings. The largest absolute Gasteiger partial charge is 0.496 e. The van der Waals surface area contributed by atoms with Crippen molar-refractivity contribution in [3.8, 4) is 5.75 Å². The van der Waals surface area contributed by atoms with Crippen LogP contribution < -0.4 is 10.1 Å². The van der Waals surface area contributed by atoms with E-state index in [4.69, 9.17) is 4.74 Å². The number of ether oxygens (including phenoxy) is 1. The maximum atomic E-state index is 13.4. The van der Waals surface area contributed by atoms with Crippen LogP contribution in [0.1, 0.15) is 18.9 Å². The van der Waals surface area contributed by atoms with Crippen molar-refractivity contribution in [2.45, 2.75) is 25.8 Å². The van der Waals surface area contributed by atoms with Crippen LogP contribution in [0.5, 0.6) is 5.75 Å². The van der Waals surface area contributed by atoms with Gasteiger partial charge in [0.1, 0.15) is 11.6 Å². The maximum absolute atomic E-state index is 13.4. The lowest BCUT2D eigenvalue weighted by Gasteiger charge is -2.25. The minimum absolute atomic E-state index is 0.188. The topological polar surface area (TPSA) is 21.3 Å². The molecule has 1 unspecified atom stereocenters. The third kappa shape index (κ3) is 1.43. The summed E-state index contributed by atoms with van der Waals surface area (Å²) in [6.07, 6.45) is 1.90. The van der Waals surface area contributed by atoms with Crippen molar-refractivity contribution in [3.05, 3.63) is 23.5 Å². The first-order valence-corrected chi connectivity index (χ1v) is 4.84. The van der Waals surface area contributed by atoms with Crippen LogP contribution in [-0.2, 0) is 6.42 Å². The van der Waals surface area contributed by atoms with E-state index in [1.807, 2.05) is 0 Å². The lowest BCUT2D eigenvalue weighted by atomic mass is 9.98. The van der Waals surface area contributed by atoms with Gasteiger partial charge in [0, 0.05) is 11.6 Å². The van der Waals surface area contributed by atoms with Crippen LogP contribution in [0.25, 0.3) is 0 Å². The molecule has 1 atom stereocenters. The van der Waals surface area contributed by atoms with E-state index in [9.17, 15) is 4.39 Å². The van der Waals surface area contributed by atoms with Gasteiger partial charge in [-0.25, -0.2) is 4.39 Å². The molecular weight excluding hydrogens is 181 g/mol. The van der Waals surface area contributed by atoms with E-state index >= 15 is 0 Å². The van der Waals surface area contributed by atoms with Gasteiger partial charge in [0.2, 0.25) is 0 Å². The predicted molar refractivity (Wildman–Crippen MR) is 54.4 cm³/mol. The molecule has 1 aromatic carbocycles. The number of rotatable bonds is 1. The first kappa shape index (κ1) is 9.31. The number of hydrogen-bond donors (Lipinski definition) is 1. The van der Waals surface area contributed by atoms with Gasteiger partial charge in [-0.15, -0.1) is 0 Å². The van der Waals surface area contributed by atoms with Crippen LogP contribution in [0.15, 0.2) is 12.1 Å². The summed E-state index contributed by atoms with van der Waals surface area (Å²) < 4.78 is 18.6. The molecular formula is C11H14FNO. The highest BCUT2D eigenvalue weighted by Gasteiger charge is 2.20. The smallest absolute Gasteiger partial charge is 0.146 e. The number of benzene rings is 1. The Morgan fingerprint density at radius 1 is 1.50 bits per heavy atom. The van der Waals surface area contributed by atoms with Crippen molar-refractivity contribution in [2.75, 3.05) is 12.4 Å². The van der Waals surface area contributed by atoms with Gasteiger partial charge in [-0.1, -0.05) is 0 Å². The molecule has 1 aliphatic rings. The Balaban J connectivity index is 2.49. The molecule has 1 aliphatic heterocycles. The minimum atomic E-state index is -0.188. The van der Waals surface area contributed by atoms with Gasteiger partial charge in [-0.2, -0.15) is 0 Å². The van der Waals surface area contributed by atoms with E-state index in [-0.39, 0.29) is 5.82 Å². The van der Waals surface area contributed by atoms with E-state index in [1.54, 1.807) is 13.2 Å². The highest BCUT2D eigenvalue weighted by Crippen LogP contribution is 2.34. The van der Waals surface area contributed by atoms with Crippen molar-refractivity contribution in [1.82, 2.24) is 0 Å². The molecule has 2 nitrogen and oxygen atoms in total. The summed E-state index contributed by atoms with van der Waals surface area (Å²) in [6, 6.07) is 3.47. The van der Waals surface area contributed by atoms with Crippen LogP contribution in [-0.4, -0.2) is 13.2 Å². The molecule has 1 aromatic rings. The predicted octanol–water partition coefficient (Wildman–Crippen LogP) is 2.58. The first-order valence-electron chi connectivity index (χ1n) is 4.84. The van der Waals surface area contributed by atoms with E-state index in [2.05, 4.69) is 12.2 Å². The van der Waals surface area contributed by atoms with Gasteiger partial charge in [0.25, 0.3) is 0 Å². The summed E-state index contributed by atoms with van der Waals surface area (Å²) in [6.45, 7) is 2.06. The number of fused-ring (bicyclic) bond motifs is 1. The molecule has 0 amide bonds. The molecule has 0 saturated carbocycles. The SMILES string of the molecule is COc1ccc(F)c2c1CCC(C)N2. The molecule has 14 heavy (non-hydrogen) atoms. The monoisotopic (exact) mass is 195 g/mol. The second kappa shape index (κ2) is 3.48. The van der Waals surface area contributed by atoms with Crippen molar-refractivity contribution >= 4 is 5.69 Å². The molecule has 0 saturated heterocycles. The maximum Gasteiger partial charge on any atom is 0.146 e.